The van der Waals surface area contributed by atoms with Gasteiger partial charge in [-0.15, -0.1) is 8.78 Å². The summed E-state index contributed by atoms with van der Waals surface area (Å²) in [7, 11) is 0. The molecule has 27 heavy (non-hydrogen) atoms. The molecule has 0 spiro atoms. The number of rotatable bonds is 4. The monoisotopic (exact) mass is 374 g/mol. The van der Waals surface area contributed by atoms with Crippen LogP contribution in [0.4, 0.5) is 14.5 Å². The second kappa shape index (κ2) is 6.53. The topological polar surface area (TPSA) is 67.9 Å². The molecule has 0 saturated carbocycles. The molecule has 1 fully saturated rings. The Morgan fingerprint density at radius 1 is 1.15 bits per heavy atom. The summed E-state index contributed by atoms with van der Waals surface area (Å²) in [6.45, 7) is 0.755. The summed E-state index contributed by atoms with van der Waals surface area (Å²) in [5.41, 5.74) is 1.29. The Labute approximate surface area is 153 Å². The minimum atomic E-state index is -3.71. The molecule has 2 amide bonds. The van der Waals surface area contributed by atoms with Crippen molar-refractivity contribution in [2.45, 2.75) is 19.3 Å². The third kappa shape index (κ3) is 3.69. The molecule has 0 aromatic heterocycles. The van der Waals surface area contributed by atoms with E-state index in [0.29, 0.717) is 18.8 Å². The Morgan fingerprint density at radius 2 is 1.89 bits per heavy atom. The van der Waals surface area contributed by atoms with Crippen LogP contribution in [0.15, 0.2) is 48.5 Å². The van der Waals surface area contributed by atoms with Crippen LogP contribution in [0.25, 0.3) is 0 Å². The Hall–Kier alpha value is -3.16. The number of ether oxygens (including phenoxy) is 2. The molecular weight excluding hydrogens is 358 g/mol. The van der Waals surface area contributed by atoms with E-state index in [9.17, 15) is 18.4 Å². The maximum absolute atomic E-state index is 13.1. The van der Waals surface area contributed by atoms with Crippen molar-refractivity contribution in [3.8, 4) is 11.5 Å². The van der Waals surface area contributed by atoms with Gasteiger partial charge in [0.1, 0.15) is 0 Å². The van der Waals surface area contributed by atoms with Crippen molar-refractivity contribution in [3.63, 3.8) is 0 Å². The van der Waals surface area contributed by atoms with Gasteiger partial charge in [-0.2, -0.15) is 0 Å². The highest BCUT2D eigenvalue weighted by atomic mass is 19.3. The first-order chi connectivity index (χ1) is 12.9. The number of alkyl halides is 2. The van der Waals surface area contributed by atoms with Crippen molar-refractivity contribution in [2.24, 2.45) is 5.92 Å². The molecule has 2 aliphatic heterocycles. The van der Waals surface area contributed by atoms with Gasteiger partial charge in [-0.05, 0) is 17.7 Å². The number of anilines is 1. The second-order valence-corrected chi connectivity index (χ2v) is 6.48. The van der Waals surface area contributed by atoms with Crippen LogP contribution >= 0.6 is 0 Å². The van der Waals surface area contributed by atoms with Gasteiger partial charge in [-0.1, -0.05) is 30.3 Å². The summed E-state index contributed by atoms with van der Waals surface area (Å²) in [5.74, 6) is -1.18. The fourth-order valence-electron chi connectivity index (χ4n) is 3.18. The molecule has 1 N–H and O–H groups in total. The summed E-state index contributed by atoms with van der Waals surface area (Å²) in [4.78, 5) is 26.3. The zero-order chi connectivity index (χ0) is 19.0. The molecule has 2 aliphatic rings. The number of fused-ring (bicyclic) bond motifs is 1. The number of carbonyl (C=O) groups excluding carboxylic acids is 2. The maximum Gasteiger partial charge on any atom is 0.586 e. The van der Waals surface area contributed by atoms with E-state index in [2.05, 4.69) is 14.8 Å². The summed E-state index contributed by atoms with van der Waals surface area (Å²) in [5, 5.41) is 2.65. The van der Waals surface area contributed by atoms with Gasteiger partial charge in [-0.3, -0.25) is 9.59 Å². The van der Waals surface area contributed by atoms with E-state index in [1.54, 1.807) is 4.90 Å². The highest BCUT2D eigenvalue weighted by molar-refractivity contribution is 5.97. The maximum atomic E-state index is 13.1. The van der Waals surface area contributed by atoms with Gasteiger partial charge in [0.15, 0.2) is 11.5 Å². The lowest BCUT2D eigenvalue weighted by Gasteiger charge is -2.16. The third-order valence-corrected chi connectivity index (χ3v) is 4.47. The number of likely N-dealkylation sites (tertiary alicyclic amines) is 1. The number of benzene rings is 2. The SMILES string of the molecule is O=C(Nc1ccc2c(c1)OC(F)(F)O2)[C@H]1CC(=O)N(Cc2ccccc2)C1. The van der Waals surface area contributed by atoms with E-state index in [-0.39, 0.29) is 29.7 Å². The van der Waals surface area contributed by atoms with E-state index in [4.69, 9.17) is 0 Å². The largest absolute Gasteiger partial charge is 0.586 e. The standard InChI is InChI=1S/C19H16F2N2O4/c20-19(21)26-15-7-6-14(9-16(15)27-19)22-18(25)13-8-17(24)23(11-13)10-12-4-2-1-3-5-12/h1-7,9,13H,8,10-11H2,(H,22,25)/t13-/m0/s1. The molecule has 0 aliphatic carbocycles. The smallest absolute Gasteiger partial charge is 0.395 e. The van der Waals surface area contributed by atoms with E-state index < -0.39 is 12.2 Å². The second-order valence-electron chi connectivity index (χ2n) is 6.48. The lowest BCUT2D eigenvalue weighted by Crippen LogP contribution is -2.28. The Kier molecular flexibility index (Phi) is 4.18. The molecule has 0 bridgehead atoms. The van der Waals surface area contributed by atoms with E-state index in [1.165, 1.54) is 18.2 Å². The van der Waals surface area contributed by atoms with Crippen LogP contribution in [0.3, 0.4) is 0 Å². The first-order valence-electron chi connectivity index (χ1n) is 8.42. The number of amides is 2. The quantitative estimate of drug-likeness (QED) is 0.893. The lowest BCUT2D eigenvalue weighted by molar-refractivity contribution is -0.286. The summed E-state index contributed by atoms with van der Waals surface area (Å²) in [6.07, 6.45) is -3.60. The summed E-state index contributed by atoms with van der Waals surface area (Å²) >= 11 is 0. The van der Waals surface area contributed by atoms with E-state index >= 15 is 0 Å². The first kappa shape index (κ1) is 17.3. The van der Waals surface area contributed by atoms with Crippen molar-refractivity contribution in [1.29, 1.82) is 0 Å². The van der Waals surface area contributed by atoms with E-state index in [0.717, 1.165) is 5.56 Å². The molecule has 1 atom stereocenters. The fraction of sp³-hybridized carbons (Fsp3) is 0.263. The summed E-state index contributed by atoms with van der Waals surface area (Å²) in [6, 6.07) is 13.5. The van der Waals surface area contributed by atoms with Crippen molar-refractivity contribution in [3.05, 3.63) is 54.1 Å². The minimum Gasteiger partial charge on any atom is -0.395 e. The predicted molar refractivity (Wildman–Crippen MR) is 91.2 cm³/mol. The molecule has 0 unspecified atom stereocenters. The Morgan fingerprint density at radius 3 is 2.67 bits per heavy atom. The zero-order valence-electron chi connectivity index (χ0n) is 14.2. The zero-order valence-corrected chi connectivity index (χ0v) is 14.2. The van der Waals surface area contributed by atoms with Crippen LogP contribution in [0, 0.1) is 5.92 Å². The lowest BCUT2D eigenvalue weighted by atomic mass is 10.1. The summed E-state index contributed by atoms with van der Waals surface area (Å²) < 4.78 is 34.8. The molecule has 2 heterocycles. The van der Waals surface area contributed by atoms with Gasteiger partial charge in [0.25, 0.3) is 0 Å². The highest BCUT2D eigenvalue weighted by Crippen LogP contribution is 2.42. The predicted octanol–water partition coefficient (Wildman–Crippen LogP) is 3.00. The highest BCUT2D eigenvalue weighted by Gasteiger charge is 2.43. The number of hydrogen-bond donors (Lipinski definition) is 1. The van der Waals surface area contributed by atoms with Gasteiger partial charge in [0.2, 0.25) is 11.8 Å². The van der Waals surface area contributed by atoms with Gasteiger partial charge in [0, 0.05) is 31.3 Å². The molecule has 2 aromatic carbocycles. The molecule has 4 rings (SSSR count). The molecule has 140 valence electrons. The van der Waals surface area contributed by atoms with Gasteiger partial charge in [0.05, 0.1) is 5.92 Å². The molecule has 8 heteroatoms. The van der Waals surface area contributed by atoms with Crippen molar-refractivity contribution in [1.82, 2.24) is 4.90 Å². The molecule has 2 aromatic rings. The Balaban J connectivity index is 1.39. The van der Waals surface area contributed by atoms with E-state index in [1.807, 2.05) is 30.3 Å². The number of halogens is 2. The molecule has 1 saturated heterocycles. The van der Waals surface area contributed by atoms with Gasteiger partial charge >= 0.3 is 6.29 Å². The number of nitrogens with one attached hydrogen (secondary N) is 1. The molecular formula is C19H16F2N2O4. The molecule has 0 radical (unpaired) electrons. The number of carbonyl (C=O) groups is 2. The fourth-order valence-corrected chi connectivity index (χ4v) is 3.18. The van der Waals surface area contributed by atoms with Crippen LogP contribution in [0.2, 0.25) is 0 Å². The van der Waals surface area contributed by atoms with Gasteiger partial charge < -0.3 is 19.7 Å². The van der Waals surface area contributed by atoms with Crippen LogP contribution in [-0.4, -0.2) is 29.6 Å². The average Bonchev–Trinajstić information content (AvgIpc) is 3.13. The van der Waals surface area contributed by atoms with Crippen LogP contribution in [0.1, 0.15) is 12.0 Å². The molecule has 6 nitrogen and oxygen atoms in total. The average molecular weight is 374 g/mol. The van der Waals surface area contributed by atoms with Crippen LogP contribution in [0.5, 0.6) is 11.5 Å². The number of nitrogens with zero attached hydrogens (tertiary/aromatic N) is 1. The first-order valence-corrected chi connectivity index (χ1v) is 8.42. The third-order valence-electron chi connectivity index (χ3n) is 4.47. The van der Waals surface area contributed by atoms with Crippen molar-refractivity contribution < 1.29 is 27.8 Å². The van der Waals surface area contributed by atoms with Gasteiger partial charge in [-0.25, -0.2) is 0 Å². The van der Waals surface area contributed by atoms with Crippen molar-refractivity contribution >= 4 is 17.5 Å². The Bertz CT molecular complexity index is 889. The number of hydrogen-bond acceptors (Lipinski definition) is 4. The van der Waals surface area contributed by atoms with Crippen molar-refractivity contribution in [2.75, 3.05) is 11.9 Å². The minimum absolute atomic E-state index is 0.0932. The van der Waals surface area contributed by atoms with Crippen LogP contribution in [-0.2, 0) is 16.1 Å². The normalized spacial score (nSPS) is 20.0. The van der Waals surface area contributed by atoms with Crippen LogP contribution < -0.4 is 14.8 Å².